The van der Waals surface area contributed by atoms with Crippen molar-refractivity contribution >= 4 is 11.8 Å². The van der Waals surface area contributed by atoms with E-state index < -0.39 is 0 Å². The van der Waals surface area contributed by atoms with Gasteiger partial charge in [-0.2, -0.15) is 16.9 Å². The van der Waals surface area contributed by atoms with E-state index in [9.17, 15) is 0 Å². The summed E-state index contributed by atoms with van der Waals surface area (Å²) in [5.74, 6) is 2.14. The van der Waals surface area contributed by atoms with Gasteiger partial charge in [-0.3, -0.25) is 4.68 Å². The molecule has 0 spiro atoms. The molecule has 1 fully saturated rings. The van der Waals surface area contributed by atoms with E-state index in [-0.39, 0.29) is 10.8 Å². The van der Waals surface area contributed by atoms with E-state index in [2.05, 4.69) is 36.0 Å². The second-order valence-corrected chi connectivity index (χ2v) is 6.53. The van der Waals surface area contributed by atoms with E-state index in [1.807, 2.05) is 17.9 Å². The van der Waals surface area contributed by atoms with Gasteiger partial charge in [0, 0.05) is 11.3 Å². The lowest BCUT2D eigenvalue weighted by atomic mass is 9.93. The van der Waals surface area contributed by atoms with E-state index in [0.717, 1.165) is 12.3 Å². The summed E-state index contributed by atoms with van der Waals surface area (Å²) in [4.78, 5) is 0. The fraction of sp³-hybridized carbons (Fsp3) is 0.769. The molecule has 0 radical (unpaired) electrons. The van der Waals surface area contributed by atoms with Crippen LogP contribution in [0, 0.1) is 0 Å². The van der Waals surface area contributed by atoms with Crippen molar-refractivity contribution in [2.45, 2.75) is 44.0 Å². The summed E-state index contributed by atoms with van der Waals surface area (Å²) in [6, 6.07) is 0.280. The van der Waals surface area contributed by atoms with Crippen LogP contribution < -0.4 is 10.1 Å². The lowest BCUT2D eigenvalue weighted by Gasteiger charge is -2.33. The molecule has 1 aromatic heterocycles. The Balaban J connectivity index is 2.40. The SMILES string of the molecule is CCn1ncc(OC)c1C(NC)C1(C)CCCS1. The maximum absolute atomic E-state index is 5.48. The van der Waals surface area contributed by atoms with Crippen molar-refractivity contribution in [3.8, 4) is 5.75 Å². The zero-order chi connectivity index (χ0) is 13.2. The molecule has 102 valence electrons. The molecular formula is C13H23N3OS. The molecule has 1 aromatic rings. The maximum atomic E-state index is 5.48. The molecule has 1 saturated heterocycles. The molecule has 2 heterocycles. The second kappa shape index (κ2) is 5.53. The molecule has 0 aliphatic carbocycles. The van der Waals surface area contributed by atoms with Gasteiger partial charge in [0.05, 0.1) is 25.0 Å². The van der Waals surface area contributed by atoms with Crippen LogP contribution >= 0.6 is 11.8 Å². The summed E-state index contributed by atoms with van der Waals surface area (Å²) in [7, 11) is 3.75. The molecule has 0 saturated carbocycles. The second-order valence-electron chi connectivity index (χ2n) is 4.90. The number of rotatable bonds is 5. The van der Waals surface area contributed by atoms with Crippen molar-refractivity contribution < 1.29 is 4.74 Å². The van der Waals surface area contributed by atoms with Gasteiger partial charge in [0.1, 0.15) is 0 Å². The Labute approximate surface area is 113 Å². The van der Waals surface area contributed by atoms with Crippen molar-refractivity contribution in [1.29, 1.82) is 0 Å². The molecule has 5 heteroatoms. The third kappa shape index (κ3) is 2.26. The minimum atomic E-state index is 0.231. The summed E-state index contributed by atoms with van der Waals surface area (Å²) < 4.78 is 7.76. The highest BCUT2D eigenvalue weighted by atomic mass is 32.2. The van der Waals surface area contributed by atoms with Gasteiger partial charge in [0.2, 0.25) is 0 Å². The fourth-order valence-corrected chi connectivity index (χ4v) is 4.28. The zero-order valence-electron chi connectivity index (χ0n) is 11.7. The summed E-state index contributed by atoms with van der Waals surface area (Å²) in [5.41, 5.74) is 1.18. The molecule has 0 bridgehead atoms. The van der Waals surface area contributed by atoms with Gasteiger partial charge in [-0.1, -0.05) is 0 Å². The van der Waals surface area contributed by atoms with Crippen LogP contribution in [-0.4, -0.2) is 34.4 Å². The first-order chi connectivity index (χ1) is 8.66. The quantitative estimate of drug-likeness (QED) is 0.891. The van der Waals surface area contributed by atoms with Crippen LogP contribution in [0.15, 0.2) is 6.20 Å². The summed E-state index contributed by atoms with van der Waals surface area (Å²) in [6.45, 7) is 5.34. The van der Waals surface area contributed by atoms with Gasteiger partial charge < -0.3 is 10.1 Å². The predicted octanol–water partition coefficient (Wildman–Crippen LogP) is 2.46. The van der Waals surface area contributed by atoms with Gasteiger partial charge in [0.15, 0.2) is 5.75 Å². The van der Waals surface area contributed by atoms with Crippen LogP contribution in [0.4, 0.5) is 0 Å². The van der Waals surface area contributed by atoms with Gasteiger partial charge in [0.25, 0.3) is 0 Å². The molecule has 0 aromatic carbocycles. The first kappa shape index (κ1) is 13.7. The first-order valence-electron chi connectivity index (χ1n) is 6.57. The summed E-state index contributed by atoms with van der Waals surface area (Å²) in [6.07, 6.45) is 4.36. The van der Waals surface area contributed by atoms with Crippen LogP contribution in [0.2, 0.25) is 0 Å². The smallest absolute Gasteiger partial charge is 0.161 e. The van der Waals surface area contributed by atoms with Gasteiger partial charge >= 0.3 is 0 Å². The molecule has 2 unspecified atom stereocenters. The van der Waals surface area contributed by atoms with Crippen LogP contribution in [0.25, 0.3) is 0 Å². The Hall–Kier alpha value is -0.680. The molecule has 1 aliphatic heterocycles. The standard InChI is InChI=1S/C13H23N3OS/c1-5-16-11(10(17-4)9-15-16)12(14-3)13(2)7-6-8-18-13/h9,12,14H,5-8H2,1-4H3. The van der Waals surface area contributed by atoms with E-state index in [0.29, 0.717) is 0 Å². The number of methoxy groups -OCH3 is 1. The molecular weight excluding hydrogens is 246 g/mol. The van der Waals surface area contributed by atoms with E-state index in [1.165, 1.54) is 24.3 Å². The Morgan fingerprint density at radius 2 is 2.44 bits per heavy atom. The lowest BCUT2D eigenvalue weighted by Crippen LogP contribution is -2.37. The normalized spacial score (nSPS) is 25.3. The number of hydrogen-bond donors (Lipinski definition) is 1. The Bertz CT molecular complexity index is 377. The molecule has 18 heavy (non-hydrogen) atoms. The topological polar surface area (TPSA) is 39.1 Å². The van der Waals surface area contributed by atoms with Crippen LogP contribution in [-0.2, 0) is 6.54 Å². The molecule has 1 aliphatic rings. The number of aryl methyl sites for hydroxylation is 1. The minimum Gasteiger partial charge on any atom is -0.493 e. The number of thioether (sulfide) groups is 1. The number of nitrogens with zero attached hydrogens (tertiary/aromatic N) is 2. The summed E-state index contributed by atoms with van der Waals surface area (Å²) >= 11 is 2.05. The number of hydrogen-bond acceptors (Lipinski definition) is 4. The number of ether oxygens (including phenoxy) is 1. The molecule has 4 nitrogen and oxygen atoms in total. The van der Waals surface area contributed by atoms with Crippen LogP contribution in [0.1, 0.15) is 38.4 Å². The van der Waals surface area contributed by atoms with E-state index in [1.54, 1.807) is 7.11 Å². The Morgan fingerprint density at radius 1 is 1.67 bits per heavy atom. The van der Waals surface area contributed by atoms with Crippen molar-refractivity contribution in [1.82, 2.24) is 15.1 Å². The highest BCUT2D eigenvalue weighted by Gasteiger charge is 2.41. The third-order valence-corrected chi connectivity index (χ3v) is 5.38. The zero-order valence-corrected chi connectivity index (χ0v) is 12.5. The molecule has 2 rings (SSSR count). The average Bonchev–Trinajstić information content (AvgIpc) is 2.97. The Kier molecular flexibility index (Phi) is 4.22. The summed E-state index contributed by atoms with van der Waals surface area (Å²) in [5, 5.41) is 7.89. The third-order valence-electron chi connectivity index (χ3n) is 3.79. The highest BCUT2D eigenvalue weighted by Crippen LogP contribution is 2.48. The Morgan fingerprint density at radius 3 is 2.94 bits per heavy atom. The average molecular weight is 269 g/mol. The fourth-order valence-electron chi connectivity index (χ4n) is 2.84. The van der Waals surface area contributed by atoms with Crippen LogP contribution in [0.3, 0.4) is 0 Å². The first-order valence-corrected chi connectivity index (χ1v) is 7.55. The molecule has 2 atom stereocenters. The number of aromatic nitrogens is 2. The highest BCUT2D eigenvalue weighted by molar-refractivity contribution is 8.00. The van der Waals surface area contributed by atoms with E-state index in [4.69, 9.17) is 4.74 Å². The maximum Gasteiger partial charge on any atom is 0.161 e. The van der Waals surface area contributed by atoms with E-state index >= 15 is 0 Å². The van der Waals surface area contributed by atoms with Gasteiger partial charge in [-0.25, -0.2) is 0 Å². The molecule has 1 N–H and O–H groups in total. The molecule has 0 amide bonds. The minimum absolute atomic E-state index is 0.231. The van der Waals surface area contributed by atoms with Gasteiger partial charge in [-0.15, -0.1) is 0 Å². The van der Waals surface area contributed by atoms with Gasteiger partial charge in [-0.05, 0) is 39.5 Å². The lowest BCUT2D eigenvalue weighted by molar-refractivity contribution is 0.368. The predicted molar refractivity (Wildman–Crippen MR) is 76.4 cm³/mol. The van der Waals surface area contributed by atoms with Crippen molar-refractivity contribution in [2.75, 3.05) is 19.9 Å². The number of nitrogens with one attached hydrogen (secondary N) is 1. The monoisotopic (exact) mass is 269 g/mol. The van der Waals surface area contributed by atoms with Crippen molar-refractivity contribution in [3.05, 3.63) is 11.9 Å². The van der Waals surface area contributed by atoms with Crippen molar-refractivity contribution in [2.24, 2.45) is 0 Å². The van der Waals surface area contributed by atoms with Crippen molar-refractivity contribution in [3.63, 3.8) is 0 Å². The van der Waals surface area contributed by atoms with Crippen LogP contribution in [0.5, 0.6) is 5.75 Å². The largest absolute Gasteiger partial charge is 0.493 e.